The minimum Gasteiger partial charge on any atom is -0.305 e. The maximum atomic E-state index is 13.1. The van der Waals surface area contributed by atoms with Crippen LogP contribution < -0.4 is 5.32 Å². The molecule has 1 aromatic rings. The van der Waals surface area contributed by atoms with Crippen LogP contribution in [-0.2, 0) is 4.79 Å². The van der Waals surface area contributed by atoms with Gasteiger partial charge in [0.1, 0.15) is 5.82 Å². The number of pyridine rings is 1. The van der Waals surface area contributed by atoms with Gasteiger partial charge in [-0.2, -0.15) is 26.3 Å². The number of amides is 1. The number of hydrogen-bond donors (Lipinski definition) is 1. The van der Waals surface area contributed by atoms with Gasteiger partial charge in [0.2, 0.25) is 0 Å². The molecule has 20 heavy (non-hydrogen) atoms. The molecule has 0 atom stereocenters. The number of carbonyl (C=O) groups excluding carboxylic acids is 1. The number of rotatable bonds is 4. The Bertz CT molecular complexity index is 499. The van der Waals surface area contributed by atoms with Gasteiger partial charge in [-0.25, -0.2) is 4.98 Å². The molecular formula is C10H7ClF6N2O. The number of aryl methyl sites for hydroxylation is 1. The van der Waals surface area contributed by atoms with Crippen molar-refractivity contribution in [2.75, 3.05) is 5.32 Å². The summed E-state index contributed by atoms with van der Waals surface area (Å²) in [5, 5.41) is -4.27. The van der Waals surface area contributed by atoms with E-state index < -0.39 is 29.0 Å². The van der Waals surface area contributed by atoms with E-state index in [1.54, 1.807) is 6.92 Å². The van der Waals surface area contributed by atoms with E-state index in [0.29, 0.717) is 5.56 Å². The molecule has 0 aromatic carbocycles. The molecule has 1 N–H and O–H groups in total. The maximum Gasteiger partial charge on any atom is 0.395 e. The third-order valence-electron chi connectivity index (χ3n) is 2.19. The molecular weight excluding hydrogens is 314 g/mol. The number of carbonyl (C=O) groups is 1. The van der Waals surface area contributed by atoms with Crippen LogP contribution in [0.2, 0.25) is 0 Å². The third-order valence-corrected chi connectivity index (χ3v) is 2.43. The minimum atomic E-state index is -6.06. The monoisotopic (exact) mass is 320 g/mol. The van der Waals surface area contributed by atoms with Gasteiger partial charge >= 0.3 is 23.1 Å². The minimum absolute atomic E-state index is 0.492. The van der Waals surface area contributed by atoms with E-state index in [1.165, 1.54) is 11.4 Å². The number of aromatic nitrogens is 1. The third kappa shape index (κ3) is 2.97. The second-order valence-electron chi connectivity index (χ2n) is 3.82. The molecule has 0 fully saturated rings. The topological polar surface area (TPSA) is 42.0 Å². The summed E-state index contributed by atoms with van der Waals surface area (Å²) in [4.78, 5) is 14.5. The van der Waals surface area contributed by atoms with Gasteiger partial charge in [0.25, 0.3) is 0 Å². The van der Waals surface area contributed by atoms with Crippen molar-refractivity contribution in [3.05, 3.63) is 23.9 Å². The smallest absolute Gasteiger partial charge is 0.305 e. The molecule has 10 heteroatoms. The molecule has 0 aliphatic rings. The maximum absolute atomic E-state index is 13.1. The van der Waals surface area contributed by atoms with Gasteiger partial charge in [0.05, 0.1) is 0 Å². The summed E-state index contributed by atoms with van der Waals surface area (Å²) >= 11 is 3.92. The number of halogens is 7. The van der Waals surface area contributed by atoms with Crippen LogP contribution >= 0.6 is 11.6 Å². The number of alkyl halides is 7. The Kier molecular flexibility index (Phi) is 4.23. The van der Waals surface area contributed by atoms with Crippen LogP contribution in [0.15, 0.2) is 18.3 Å². The fourth-order valence-corrected chi connectivity index (χ4v) is 1.18. The molecule has 112 valence electrons. The summed E-state index contributed by atoms with van der Waals surface area (Å²) in [7, 11) is 0. The number of hydrogen-bond acceptors (Lipinski definition) is 2. The molecule has 1 aromatic heterocycles. The van der Waals surface area contributed by atoms with Crippen LogP contribution in [0.1, 0.15) is 5.56 Å². The van der Waals surface area contributed by atoms with Gasteiger partial charge in [0, 0.05) is 6.20 Å². The van der Waals surface area contributed by atoms with Gasteiger partial charge < -0.3 is 5.32 Å². The van der Waals surface area contributed by atoms with E-state index in [1.807, 2.05) is 0 Å². The Morgan fingerprint density at radius 1 is 1.20 bits per heavy atom. The second-order valence-corrected chi connectivity index (χ2v) is 4.30. The molecule has 1 heterocycles. The zero-order valence-electron chi connectivity index (χ0n) is 9.73. The fourth-order valence-electron chi connectivity index (χ4n) is 1.06. The quantitative estimate of drug-likeness (QED) is 0.682. The first-order valence-electron chi connectivity index (χ1n) is 4.96. The average molecular weight is 321 g/mol. The molecule has 0 saturated carbocycles. The first-order valence-corrected chi connectivity index (χ1v) is 5.34. The summed E-state index contributed by atoms with van der Waals surface area (Å²) in [5.41, 5.74) is 0.604. The Labute approximate surface area is 113 Å². The molecule has 3 nitrogen and oxygen atoms in total. The van der Waals surface area contributed by atoms with Crippen molar-refractivity contribution in [1.82, 2.24) is 4.98 Å². The molecule has 0 unspecified atom stereocenters. The standard InChI is InChI=1S/C10H7ClF6N2O/c1-5-2-3-6(18-4-5)19-7(20)8(12,13)9(14,15)10(11,16)17/h2-4H,1H3,(H,18,19,20). The first kappa shape index (κ1) is 16.5. The van der Waals surface area contributed by atoms with Crippen LogP contribution in [0.25, 0.3) is 0 Å². The molecule has 0 bridgehead atoms. The number of nitrogens with zero attached hydrogens (tertiary/aromatic N) is 1. The molecule has 0 spiro atoms. The predicted molar refractivity (Wildman–Crippen MR) is 58.3 cm³/mol. The van der Waals surface area contributed by atoms with Gasteiger partial charge in [-0.1, -0.05) is 6.07 Å². The van der Waals surface area contributed by atoms with Crippen LogP contribution in [-0.4, -0.2) is 28.1 Å². The van der Waals surface area contributed by atoms with Crippen LogP contribution in [0.4, 0.5) is 32.2 Å². The lowest BCUT2D eigenvalue weighted by atomic mass is 10.1. The fraction of sp³-hybridized carbons (Fsp3) is 0.400. The molecule has 0 aliphatic carbocycles. The lowest BCUT2D eigenvalue weighted by molar-refractivity contribution is -0.266. The van der Waals surface area contributed by atoms with Crippen molar-refractivity contribution >= 4 is 23.3 Å². The summed E-state index contributed by atoms with van der Waals surface area (Å²) in [6.45, 7) is 1.59. The summed E-state index contributed by atoms with van der Waals surface area (Å²) in [5.74, 6) is -14.9. The van der Waals surface area contributed by atoms with E-state index in [-0.39, 0.29) is 0 Å². The zero-order chi connectivity index (χ0) is 15.8. The lowest BCUT2D eigenvalue weighted by Gasteiger charge is -2.27. The molecule has 0 saturated heterocycles. The Morgan fingerprint density at radius 3 is 2.15 bits per heavy atom. The van der Waals surface area contributed by atoms with Crippen molar-refractivity contribution in [3.8, 4) is 0 Å². The van der Waals surface area contributed by atoms with Crippen molar-refractivity contribution in [1.29, 1.82) is 0 Å². The Morgan fingerprint density at radius 2 is 1.75 bits per heavy atom. The summed E-state index contributed by atoms with van der Waals surface area (Å²) < 4.78 is 76.4. The first-order chi connectivity index (χ1) is 8.89. The highest BCUT2D eigenvalue weighted by molar-refractivity contribution is 6.22. The van der Waals surface area contributed by atoms with E-state index in [2.05, 4.69) is 16.6 Å². The number of nitrogens with one attached hydrogen (secondary N) is 1. The van der Waals surface area contributed by atoms with E-state index in [9.17, 15) is 31.1 Å². The van der Waals surface area contributed by atoms with Gasteiger partial charge in [-0.15, -0.1) is 0 Å². The number of anilines is 1. The lowest BCUT2D eigenvalue weighted by Crippen LogP contribution is -2.57. The van der Waals surface area contributed by atoms with Crippen molar-refractivity contribution in [2.24, 2.45) is 0 Å². The molecule has 1 rings (SSSR count). The highest BCUT2D eigenvalue weighted by Crippen LogP contribution is 2.48. The van der Waals surface area contributed by atoms with E-state index >= 15 is 0 Å². The van der Waals surface area contributed by atoms with Gasteiger partial charge in [-0.3, -0.25) is 4.79 Å². The SMILES string of the molecule is Cc1ccc(NC(=O)C(F)(F)C(F)(F)C(F)(F)Cl)nc1. The van der Waals surface area contributed by atoms with Crippen molar-refractivity contribution in [3.63, 3.8) is 0 Å². The predicted octanol–water partition coefficient (Wildman–Crippen LogP) is 3.43. The average Bonchev–Trinajstić information content (AvgIpc) is 2.30. The zero-order valence-corrected chi connectivity index (χ0v) is 10.5. The molecule has 0 radical (unpaired) electrons. The Hall–Kier alpha value is -1.51. The highest BCUT2D eigenvalue weighted by atomic mass is 35.5. The van der Waals surface area contributed by atoms with Gasteiger partial charge in [0.15, 0.2) is 0 Å². The van der Waals surface area contributed by atoms with Gasteiger partial charge in [-0.05, 0) is 30.2 Å². The van der Waals surface area contributed by atoms with Crippen molar-refractivity contribution < 1.29 is 31.1 Å². The molecule has 0 aliphatic heterocycles. The van der Waals surface area contributed by atoms with Crippen LogP contribution in [0.3, 0.4) is 0 Å². The largest absolute Gasteiger partial charge is 0.395 e. The second kappa shape index (κ2) is 5.12. The van der Waals surface area contributed by atoms with Crippen LogP contribution in [0, 0.1) is 6.92 Å². The molecule has 1 amide bonds. The van der Waals surface area contributed by atoms with E-state index in [0.717, 1.165) is 12.3 Å². The summed E-state index contributed by atoms with van der Waals surface area (Å²) in [6.07, 6.45) is 1.15. The van der Waals surface area contributed by atoms with Crippen LogP contribution in [0.5, 0.6) is 0 Å². The van der Waals surface area contributed by atoms with Crippen molar-refractivity contribution in [2.45, 2.75) is 24.2 Å². The highest BCUT2D eigenvalue weighted by Gasteiger charge is 2.74. The Balaban J connectivity index is 2.98. The normalized spacial score (nSPS) is 13.2. The summed E-state index contributed by atoms with van der Waals surface area (Å²) in [6, 6.07) is 2.38. The van der Waals surface area contributed by atoms with E-state index in [4.69, 9.17) is 0 Å².